The number of halogens is 2. The summed E-state index contributed by atoms with van der Waals surface area (Å²) in [5.41, 5.74) is 10.7. The van der Waals surface area contributed by atoms with Crippen LogP contribution in [0.5, 0.6) is 23.0 Å². The Bertz CT molecular complexity index is 1190. The van der Waals surface area contributed by atoms with Crippen LogP contribution in [0.3, 0.4) is 0 Å². The van der Waals surface area contributed by atoms with E-state index in [-0.39, 0.29) is 0 Å². The van der Waals surface area contributed by atoms with Gasteiger partial charge >= 0.3 is 6.09 Å². The van der Waals surface area contributed by atoms with Gasteiger partial charge in [0.2, 0.25) is 0 Å². The Morgan fingerprint density at radius 3 is 2.17 bits per heavy atom. The molecule has 0 bridgehead atoms. The van der Waals surface area contributed by atoms with Gasteiger partial charge in [-0.15, -0.1) is 0 Å². The molecule has 1 amide bonds. The first kappa shape index (κ1) is 26.7. The maximum Gasteiger partial charge on any atom is 0.404 e. The van der Waals surface area contributed by atoms with Crippen LogP contribution in [-0.4, -0.2) is 24.4 Å². The molecule has 0 fully saturated rings. The zero-order chi connectivity index (χ0) is 25.4. The number of carbonyl (C=O) groups is 1. The summed E-state index contributed by atoms with van der Waals surface area (Å²) in [5.74, 6) is 2.80. The number of nitrogens with zero attached hydrogens (tertiary/aromatic N) is 3. The quantitative estimate of drug-likeness (QED) is 0.0996. The van der Waals surface area contributed by atoms with Gasteiger partial charge in [-0.2, -0.15) is 0 Å². The molecule has 0 aliphatic heterocycles. The Kier molecular flexibility index (Phi) is 9.69. The van der Waals surface area contributed by atoms with Gasteiger partial charge in [-0.05, 0) is 117 Å². The van der Waals surface area contributed by atoms with Crippen molar-refractivity contribution < 1.29 is 24.1 Å². The van der Waals surface area contributed by atoms with Gasteiger partial charge < -0.3 is 24.6 Å². The third-order valence-electron chi connectivity index (χ3n) is 4.97. The molecule has 0 aliphatic carbocycles. The molecule has 182 valence electrons. The van der Waals surface area contributed by atoms with Crippen LogP contribution in [0.15, 0.2) is 65.8 Å². The maximum atomic E-state index is 11.0. The van der Waals surface area contributed by atoms with Crippen molar-refractivity contribution in [3.05, 3.63) is 89.4 Å². The van der Waals surface area contributed by atoms with Gasteiger partial charge in [0.1, 0.15) is 23.9 Å². The largest absolute Gasteiger partial charge is 0.497 e. The van der Waals surface area contributed by atoms with Crippen molar-refractivity contribution in [3.8, 4) is 23.0 Å². The lowest BCUT2D eigenvalue weighted by Gasteiger charge is -2.21. The summed E-state index contributed by atoms with van der Waals surface area (Å²) in [7, 11) is 1.63. The molecule has 3 aromatic carbocycles. The Morgan fingerprint density at radius 1 is 1.06 bits per heavy atom. The number of nitrogens with one attached hydrogen (secondary N) is 1. The molecule has 0 saturated carbocycles. The fraction of sp³-hybridized carbons (Fsp3) is 0.208. The number of amides is 1. The zero-order valence-corrected chi connectivity index (χ0v) is 23.1. The number of benzene rings is 3. The van der Waals surface area contributed by atoms with Gasteiger partial charge in [0.05, 0.1) is 20.3 Å². The second-order valence-electron chi connectivity index (χ2n) is 7.41. The molecule has 0 aromatic heterocycles. The highest BCUT2D eigenvalue weighted by atomic mass is 127. The Balaban J connectivity index is 1.70. The lowest BCUT2D eigenvalue weighted by Crippen LogP contribution is -2.35. The lowest BCUT2D eigenvalue weighted by molar-refractivity contribution is 0.189. The molecule has 3 rings (SSSR count). The second-order valence-corrected chi connectivity index (χ2v) is 9.74. The van der Waals surface area contributed by atoms with Crippen molar-refractivity contribution in [3.63, 3.8) is 0 Å². The molecule has 0 spiro atoms. The molecule has 2 N–H and O–H groups in total. The average molecular weight is 700 g/mol. The first-order valence-corrected chi connectivity index (χ1v) is 12.5. The molecule has 0 aliphatic rings. The Labute approximate surface area is 229 Å². The summed E-state index contributed by atoms with van der Waals surface area (Å²) < 4.78 is 18.7. The fourth-order valence-corrected chi connectivity index (χ4v) is 5.28. The van der Waals surface area contributed by atoms with Crippen LogP contribution in [0.2, 0.25) is 0 Å². The molecular formula is C24H22I2N4O5. The molecule has 9 nitrogen and oxygen atoms in total. The van der Waals surface area contributed by atoms with Gasteiger partial charge in [0, 0.05) is 11.0 Å². The molecule has 35 heavy (non-hydrogen) atoms. The highest BCUT2D eigenvalue weighted by molar-refractivity contribution is 14.1. The summed E-state index contributed by atoms with van der Waals surface area (Å²) in [4.78, 5) is 13.9. The van der Waals surface area contributed by atoms with Crippen LogP contribution in [0.1, 0.15) is 24.1 Å². The van der Waals surface area contributed by atoms with E-state index in [1.807, 2.05) is 60.7 Å². The predicted molar refractivity (Wildman–Crippen MR) is 148 cm³/mol. The van der Waals surface area contributed by atoms with Crippen LogP contribution >= 0.6 is 45.2 Å². The van der Waals surface area contributed by atoms with Crippen LogP contribution in [0.4, 0.5) is 4.79 Å². The Morgan fingerprint density at radius 2 is 1.63 bits per heavy atom. The standard InChI is InChI=1S/C24H22I2N4O5/c1-14(28-24(31)32)22(29-30-27)16-11-20(25)23(21(26)12-16)35-19-9-7-18(8-10-19)34-13-15-3-5-17(33-2)6-4-15/h3-12,14,22,28H,13H2,1-2H3,(H,31,32). The lowest BCUT2D eigenvalue weighted by atomic mass is 10.0. The summed E-state index contributed by atoms with van der Waals surface area (Å²) in [6.07, 6.45) is -1.18. The minimum atomic E-state index is -1.18. The minimum absolute atomic E-state index is 0.433. The summed E-state index contributed by atoms with van der Waals surface area (Å²) in [6, 6.07) is 17.4. The summed E-state index contributed by atoms with van der Waals surface area (Å²) >= 11 is 4.29. The summed E-state index contributed by atoms with van der Waals surface area (Å²) in [5, 5.41) is 15.2. The highest BCUT2D eigenvalue weighted by Gasteiger charge is 2.22. The number of rotatable bonds is 10. The average Bonchev–Trinajstić information content (AvgIpc) is 2.84. The maximum absolute atomic E-state index is 11.0. The fourth-order valence-electron chi connectivity index (χ4n) is 3.24. The van der Waals surface area contributed by atoms with Gasteiger partial charge in [-0.3, -0.25) is 0 Å². The van der Waals surface area contributed by atoms with Gasteiger partial charge in [-0.1, -0.05) is 17.2 Å². The smallest absolute Gasteiger partial charge is 0.404 e. The van der Waals surface area contributed by atoms with Gasteiger partial charge in [-0.25, -0.2) is 4.79 Å². The first-order valence-electron chi connectivity index (χ1n) is 10.4. The number of azide groups is 1. The van der Waals surface area contributed by atoms with Crippen LogP contribution in [0.25, 0.3) is 10.4 Å². The molecule has 3 aromatic rings. The van der Waals surface area contributed by atoms with Gasteiger partial charge in [0.25, 0.3) is 0 Å². The number of methoxy groups -OCH3 is 1. The van der Waals surface area contributed by atoms with Gasteiger partial charge in [0.15, 0.2) is 5.75 Å². The van der Waals surface area contributed by atoms with E-state index in [0.29, 0.717) is 29.4 Å². The molecule has 0 saturated heterocycles. The third kappa shape index (κ3) is 7.54. The third-order valence-corrected chi connectivity index (χ3v) is 6.57. The van der Waals surface area contributed by atoms with E-state index in [1.54, 1.807) is 14.0 Å². The summed E-state index contributed by atoms with van der Waals surface area (Å²) in [6.45, 7) is 2.08. The van der Waals surface area contributed by atoms with E-state index in [2.05, 4.69) is 60.5 Å². The van der Waals surface area contributed by atoms with Crippen LogP contribution in [0, 0.1) is 7.14 Å². The SMILES string of the molecule is COc1ccc(COc2ccc(Oc3c(I)cc(C(N=[N+]=[N-])C(C)NC(=O)O)cc3I)cc2)cc1. The number of hydrogen-bond acceptors (Lipinski definition) is 5. The van der Waals surface area contributed by atoms with Crippen molar-refractivity contribution in [2.75, 3.05) is 7.11 Å². The van der Waals surface area contributed by atoms with E-state index >= 15 is 0 Å². The van der Waals surface area contributed by atoms with E-state index in [4.69, 9.17) is 24.8 Å². The Hall–Kier alpha value is -2.90. The minimum Gasteiger partial charge on any atom is -0.497 e. The number of ether oxygens (including phenoxy) is 3. The van der Waals surface area contributed by atoms with Crippen LogP contribution < -0.4 is 19.5 Å². The van der Waals surface area contributed by atoms with Crippen molar-refractivity contribution in [2.45, 2.75) is 25.6 Å². The van der Waals surface area contributed by atoms with Crippen molar-refractivity contribution in [2.24, 2.45) is 5.11 Å². The van der Waals surface area contributed by atoms with Crippen molar-refractivity contribution >= 4 is 51.3 Å². The molecule has 11 heteroatoms. The van der Waals surface area contributed by atoms with E-state index in [0.717, 1.165) is 18.5 Å². The number of hydrogen-bond donors (Lipinski definition) is 2. The van der Waals surface area contributed by atoms with Crippen molar-refractivity contribution in [1.82, 2.24) is 5.32 Å². The second kappa shape index (κ2) is 12.7. The first-order chi connectivity index (χ1) is 16.8. The molecule has 2 atom stereocenters. The zero-order valence-electron chi connectivity index (χ0n) is 18.8. The van der Waals surface area contributed by atoms with E-state index in [1.165, 1.54) is 0 Å². The van der Waals surface area contributed by atoms with E-state index < -0.39 is 18.2 Å². The topological polar surface area (TPSA) is 126 Å². The van der Waals surface area contributed by atoms with E-state index in [9.17, 15) is 4.79 Å². The molecular weight excluding hydrogens is 678 g/mol. The normalized spacial score (nSPS) is 12.1. The molecule has 0 radical (unpaired) electrons. The monoisotopic (exact) mass is 700 g/mol. The van der Waals surface area contributed by atoms with Crippen LogP contribution in [-0.2, 0) is 6.61 Å². The van der Waals surface area contributed by atoms with Crippen molar-refractivity contribution in [1.29, 1.82) is 0 Å². The highest BCUT2D eigenvalue weighted by Crippen LogP contribution is 2.36. The predicted octanol–water partition coefficient (Wildman–Crippen LogP) is 7.28. The molecule has 2 unspecified atom stereocenters. The molecule has 0 heterocycles. The number of carboxylic acid groups (broad SMARTS) is 1.